The Morgan fingerprint density at radius 2 is 1.52 bits per heavy atom. The van der Waals surface area contributed by atoms with E-state index < -0.39 is 0 Å². The number of benzene rings is 2. The number of aryl methyl sites for hydroxylation is 2. The van der Waals surface area contributed by atoms with E-state index in [1.54, 1.807) is 0 Å². The van der Waals surface area contributed by atoms with Crippen LogP contribution in [0.4, 0.5) is 0 Å². The summed E-state index contributed by atoms with van der Waals surface area (Å²) in [5.41, 5.74) is 8.73. The van der Waals surface area contributed by atoms with Gasteiger partial charge in [0.05, 0.1) is 0 Å². The Morgan fingerprint density at radius 1 is 0.810 bits per heavy atom. The van der Waals surface area contributed by atoms with Gasteiger partial charge in [0, 0.05) is 0 Å². The predicted octanol–water partition coefficient (Wildman–Crippen LogP) is 5.60. The van der Waals surface area contributed by atoms with Crippen molar-refractivity contribution in [3.8, 4) is 0 Å². The molecule has 0 aliphatic heterocycles. The molecule has 0 atom stereocenters. The summed E-state index contributed by atoms with van der Waals surface area (Å²) in [6, 6.07) is 19.7. The zero-order valence-electron chi connectivity index (χ0n) is 12.9. The van der Waals surface area contributed by atoms with E-state index in [9.17, 15) is 0 Å². The highest BCUT2D eigenvalue weighted by Gasteiger charge is 2.14. The summed E-state index contributed by atoms with van der Waals surface area (Å²) in [4.78, 5) is 0. The van der Waals surface area contributed by atoms with E-state index in [1.807, 2.05) is 0 Å². The Balaban J connectivity index is 1.84. The molecule has 2 aromatic rings. The van der Waals surface area contributed by atoms with Crippen molar-refractivity contribution in [1.29, 1.82) is 0 Å². The van der Waals surface area contributed by atoms with E-state index in [-0.39, 0.29) is 0 Å². The Hall–Kier alpha value is -2.08. The Labute approximate surface area is 127 Å². The van der Waals surface area contributed by atoms with Crippen molar-refractivity contribution in [2.24, 2.45) is 0 Å². The molecule has 0 saturated heterocycles. The molecular formula is C21H22. The van der Waals surface area contributed by atoms with Crippen molar-refractivity contribution in [3.63, 3.8) is 0 Å². The van der Waals surface area contributed by atoms with Crippen LogP contribution in [0.1, 0.15) is 37.0 Å². The Bertz CT molecular complexity index is 687. The normalized spacial score (nSPS) is 14.5. The third-order valence-corrected chi connectivity index (χ3v) is 4.52. The maximum absolute atomic E-state index is 2.35. The summed E-state index contributed by atoms with van der Waals surface area (Å²) in [7, 11) is 0. The van der Waals surface area contributed by atoms with E-state index in [4.69, 9.17) is 0 Å². The van der Waals surface area contributed by atoms with Gasteiger partial charge in [0.25, 0.3) is 0 Å². The summed E-state index contributed by atoms with van der Waals surface area (Å²) < 4.78 is 0. The number of hydrogen-bond donors (Lipinski definition) is 0. The van der Waals surface area contributed by atoms with Gasteiger partial charge in [-0.25, -0.2) is 0 Å². The molecule has 1 aliphatic carbocycles. The van der Waals surface area contributed by atoms with Crippen molar-refractivity contribution in [2.75, 3.05) is 0 Å². The average molecular weight is 274 g/mol. The van der Waals surface area contributed by atoms with Gasteiger partial charge in [-0.05, 0) is 60.9 Å². The fraction of sp³-hybridized carbons (Fsp3) is 0.238. The molecule has 0 spiro atoms. The lowest BCUT2D eigenvalue weighted by molar-refractivity contribution is 0.955. The highest BCUT2D eigenvalue weighted by molar-refractivity contribution is 5.77. The molecule has 0 unspecified atom stereocenters. The van der Waals surface area contributed by atoms with Gasteiger partial charge in [-0.3, -0.25) is 0 Å². The van der Waals surface area contributed by atoms with E-state index in [2.05, 4.69) is 74.5 Å². The largest absolute Gasteiger partial charge is 0.0769 e. The Morgan fingerprint density at radius 3 is 2.24 bits per heavy atom. The molecule has 1 aliphatic rings. The van der Waals surface area contributed by atoms with Crippen LogP contribution in [0.5, 0.6) is 0 Å². The van der Waals surface area contributed by atoms with Crippen LogP contribution in [0.25, 0.3) is 5.57 Å². The molecule has 0 fully saturated rings. The fourth-order valence-electron chi connectivity index (χ4n) is 3.07. The maximum Gasteiger partial charge on any atom is -0.00829 e. The SMILES string of the molecule is CC1=CCC(c2ccccc2CCc2ccccc2)=C1C. The van der Waals surface area contributed by atoms with Gasteiger partial charge >= 0.3 is 0 Å². The van der Waals surface area contributed by atoms with E-state index in [1.165, 1.54) is 33.4 Å². The second-order valence-corrected chi connectivity index (χ2v) is 5.84. The second kappa shape index (κ2) is 6.13. The first-order chi connectivity index (χ1) is 10.3. The number of rotatable bonds is 4. The number of hydrogen-bond acceptors (Lipinski definition) is 0. The molecule has 0 nitrogen and oxygen atoms in total. The monoisotopic (exact) mass is 274 g/mol. The predicted molar refractivity (Wildman–Crippen MR) is 91.3 cm³/mol. The highest BCUT2D eigenvalue weighted by atomic mass is 14.2. The van der Waals surface area contributed by atoms with Gasteiger partial charge < -0.3 is 0 Å². The van der Waals surface area contributed by atoms with Crippen molar-refractivity contribution in [2.45, 2.75) is 33.1 Å². The zero-order chi connectivity index (χ0) is 14.7. The smallest absolute Gasteiger partial charge is 0.00829 e. The van der Waals surface area contributed by atoms with E-state index in [0.717, 1.165) is 19.3 Å². The van der Waals surface area contributed by atoms with Crippen LogP contribution in [0.3, 0.4) is 0 Å². The lowest BCUT2D eigenvalue weighted by Gasteiger charge is -2.12. The van der Waals surface area contributed by atoms with E-state index >= 15 is 0 Å². The topological polar surface area (TPSA) is 0 Å². The minimum atomic E-state index is 1.08. The van der Waals surface area contributed by atoms with E-state index in [0.29, 0.717) is 0 Å². The summed E-state index contributed by atoms with van der Waals surface area (Å²) in [6.45, 7) is 4.47. The molecule has 106 valence electrons. The van der Waals surface area contributed by atoms with Crippen LogP contribution in [-0.2, 0) is 12.8 Å². The summed E-state index contributed by atoms with van der Waals surface area (Å²) in [5, 5.41) is 0. The lowest BCUT2D eigenvalue weighted by Crippen LogP contribution is -1.97. The molecule has 0 radical (unpaired) electrons. The molecule has 0 aromatic heterocycles. The van der Waals surface area contributed by atoms with Crippen LogP contribution < -0.4 is 0 Å². The molecule has 0 heterocycles. The molecular weight excluding hydrogens is 252 g/mol. The van der Waals surface area contributed by atoms with Crippen LogP contribution in [0, 0.1) is 0 Å². The van der Waals surface area contributed by atoms with Crippen molar-refractivity contribution < 1.29 is 0 Å². The van der Waals surface area contributed by atoms with Crippen LogP contribution in [0.2, 0.25) is 0 Å². The van der Waals surface area contributed by atoms with Crippen molar-refractivity contribution in [3.05, 3.63) is 88.5 Å². The summed E-state index contributed by atoms with van der Waals surface area (Å²) in [6.07, 6.45) is 5.64. The lowest BCUT2D eigenvalue weighted by atomic mass is 9.92. The van der Waals surface area contributed by atoms with Gasteiger partial charge in [-0.2, -0.15) is 0 Å². The third kappa shape index (κ3) is 3.00. The second-order valence-electron chi connectivity index (χ2n) is 5.84. The average Bonchev–Trinajstić information content (AvgIpc) is 2.86. The highest BCUT2D eigenvalue weighted by Crippen LogP contribution is 2.34. The van der Waals surface area contributed by atoms with Gasteiger partial charge in [0.15, 0.2) is 0 Å². The van der Waals surface area contributed by atoms with Crippen molar-refractivity contribution >= 4 is 5.57 Å². The molecule has 0 bridgehead atoms. The molecule has 2 aromatic carbocycles. The number of allylic oxidation sites excluding steroid dienone is 4. The minimum absolute atomic E-state index is 1.08. The first-order valence-corrected chi connectivity index (χ1v) is 7.75. The third-order valence-electron chi connectivity index (χ3n) is 4.52. The first-order valence-electron chi connectivity index (χ1n) is 7.75. The molecule has 0 N–H and O–H groups in total. The maximum atomic E-state index is 2.35. The molecule has 0 heteroatoms. The van der Waals surface area contributed by atoms with Gasteiger partial charge in [0.1, 0.15) is 0 Å². The summed E-state index contributed by atoms with van der Waals surface area (Å²) in [5.74, 6) is 0. The van der Waals surface area contributed by atoms with Gasteiger partial charge in [-0.1, -0.05) is 66.2 Å². The Kier molecular flexibility index (Phi) is 4.06. The molecule has 21 heavy (non-hydrogen) atoms. The molecule has 0 saturated carbocycles. The van der Waals surface area contributed by atoms with Crippen LogP contribution >= 0.6 is 0 Å². The van der Waals surface area contributed by atoms with Gasteiger partial charge in [0.2, 0.25) is 0 Å². The van der Waals surface area contributed by atoms with Crippen LogP contribution in [-0.4, -0.2) is 0 Å². The zero-order valence-corrected chi connectivity index (χ0v) is 12.9. The fourth-order valence-corrected chi connectivity index (χ4v) is 3.07. The standard InChI is InChI=1S/C21H22/c1-16-12-15-20(17(16)2)21-11-7-6-10-19(21)14-13-18-8-4-3-5-9-18/h3-12H,13-15H2,1-2H3. The molecule has 3 rings (SSSR count). The summed E-state index contributed by atoms with van der Waals surface area (Å²) >= 11 is 0. The van der Waals surface area contributed by atoms with Crippen molar-refractivity contribution in [1.82, 2.24) is 0 Å². The minimum Gasteiger partial charge on any atom is -0.0769 e. The van der Waals surface area contributed by atoms with Crippen LogP contribution in [0.15, 0.2) is 71.8 Å². The first kappa shape index (κ1) is 13.9. The molecule has 0 amide bonds. The van der Waals surface area contributed by atoms with Gasteiger partial charge in [-0.15, -0.1) is 0 Å². The quantitative estimate of drug-likeness (QED) is 0.681.